The smallest absolute Gasteiger partial charge is 0.0721 e. The van der Waals surface area contributed by atoms with Crippen molar-refractivity contribution in [2.24, 2.45) is 17.8 Å². The van der Waals surface area contributed by atoms with Gasteiger partial charge in [-0.15, -0.1) is 0 Å². The summed E-state index contributed by atoms with van der Waals surface area (Å²) >= 11 is 0. The Labute approximate surface area is 179 Å². The molecule has 0 bridgehead atoms. The molecule has 1 heterocycles. The molecule has 166 valence electrons. The van der Waals surface area contributed by atoms with E-state index in [1.165, 1.54) is 77.4 Å². The number of unbranched alkanes of at least 4 members (excludes halogenated alkanes) is 4. The summed E-state index contributed by atoms with van der Waals surface area (Å²) in [7, 11) is 0. The molecule has 2 unspecified atom stereocenters. The summed E-state index contributed by atoms with van der Waals surface area (Å²) in [5.74, 6) is 1.35. The zero-order chi connectivity index (χ0) is 20.5. The van der Waals surface area contributed by atoms with Gasteiger partial charge in [-0.2, -0.15) is 0 Å². The standard InChI is InChI=1S/C26H45NO2/c1-2-3-6-12-23(28)13-14-24-25-19-21(18-22(25)20-26(24)29)11-7-4-8-15-27-16-9-5-10-17-27/h13-14,18,22-26,28-29H,2-12,15-17,19-20H2,1H3/b14-13+/t22-,23+,24?,25?,26+/m0/s1. The van der Waals surface area contributed by atoms with E-state index in [4.69, 9.17) is 0 Å². The van der Waals surface area contributed by atoms with E-state index in [1.807, 2.05) is 6.08 Å². The van der Waals surface area contributed by atoms with E-state index >= 15 is 0 Å². The Hall–Kier alpha value is -0.640. The van der Waals surface area contributed by atoms with E-state index in [2.05, 4.69) is 24.0 Å². The Kier molecular flexibility index (Phi) is 9.75. The fourth-order valence-corrected chi connectivity index (χ4v) is 5.79. The maximum Gasteiger partial charge on any atom is 0.0721 e. The number of rotatable bonds is 12. The molecule has 29 heavy (non-hydrogen) atoms. The Morgan fingerprint density at radius 3 is 2.72 bits per heavy atom. The highest BCUT2D eigenvalue weighted by molar-refractivity contribution is 5.21. The Balaban J connectivity index is 1.34. The minimum absolute atomic E-state index is 0.230. The van der Waals surface area contributed by atoms with Crippen LogP contribution in [0.2, 0.25) is 0 Å². The summed E-state index contributed by atoms with van der Waals surface area (Å²) in [5, 5.41) is 20.7. The van der Waals surface area contributed by atoms with Gasteiger partial charge in [0, 0.05) is 5.92 Å². The second-order valence-corrected chi connectivity index (χ2v) is 9.90. The fraction of sp³-hybridized carbons (Fsp3) is 0.846. The van der Waals surface area contributed by atoms with Crippen LogP contribution in [0.1, 0.15) is 90.4 Å². The van der Waals surface area contributed by atoms with E-state index in [-0.39, 0.29) is 18.1 Å². The molecule has 3 heteroatoms. The van der Waals surface area contributed by atoms with Gasteiger partial charge in [0.1, 0.15) is 0 Å². The molecule has 0 aromatic carbocycles. The van der Waals surface area contributed by atoms with Crippen LogP contribution in [0, 0.1) is 17.8 Å². The molecule has 3 rings (SSSR count). The number of aliphatic hydroxyl groups excluding tert-OH is 2. The molecule has 1 saturated carbocycles. The van der Waals surface area contributed by atoms with E-state index in [0.717, 1.165) is 25.7 Å². The minimum Gasteiger partial charge on any atom is -0.392 e. The number of aliphatic hydroxyl groups is 2. The lowest BCUT2D eigenvalue weighted by molar-refractivity contribution is 0.139. The lowest BCUT2D eigenvalue weighted by Crippen LogP contribution is -2.30. The van der Waals surface area contributed by atoms with Crippen LogP contribution >= 0.6 is 0 Å². The number of piperidine rings is 1. The lowest BCUT2D eigenvalue weighted by Gasteiger charge is -2.26. The van der Waals surface area contributed by atoms with Crippen LogP contribution in [0.25, 0.3) is 0 Å². The van der Waals surface area contributed by atoms with Gasteiger partial charge in [0.25, 0.3) is 0 Å². The van der Waals surface area contributed by atoms with Gasteiger partial charge in [-0.1, -0.05) is 62.8 Å². The molecule has 1 saturated heterocycles. The van der Waals surface area contributed by atoms with E-state index in [1.54, 1.807) is 5.57 Å². The number of hydrogen-bond donors (Lipinski definition) is 2. The number of likely N-dealkylation sites (tertiary alicyclic amines) is 1. The Bertz CT molecular complexity index is 523. The number of allylic oxidation sites excluding steroid dienone is 2. The van der Waals surface area contributed by atoms with Gasteiger partial charge < -0.3 is 15.1 Å². The quantitative estimate of drug-likeness (QED) is 0.335. The number of fused-ring (bicyclic) bond motifs is 1. The van der Waals surface area contributed by atoms with Crippen LogP contribution in [0.4, 0.5) is 0 Å². The SMILES string of the molecule is CCCCC[C@@H](O)/C=C/C1C2CC(CCCCCN3CCCCC3)=C[C@H]2C[C@H]1O. The van der Waals surface area contributed by atoms with Gasteiger partial charge in [0.15, 0.2) is 0 Å². The summed E-state index contributed by atoms with van der Waals surface area (Å²) in [6.45, 7) is 6.12. The zero-order valence-electron chi connectivity index (χ0n) is 18.8. The predicted molar refractivity (Wildman–Crippen MR) is 122 cm³/mol. The molecule has 5 atom stereocenters. The van der Waals surface area contributed by atoms with E-state index < -0.39 is 0 Å². The van der Waals surface area contributed by atoms with Crippen LogP contribution in [0.5, 0.6) is 0 Å². The first-order valence-electron chi connectivity index (χ1n) is 12.6. The lowest BCUT2D eigenvalue weighted by atomic mass is 9.88. The van der Waals surface area contributed by atoms with Crippen molar-refractivity contribution in [3.05, 3.63) is 23.8 Å². The van der Waals surface area contributed by atoms with Crippen LogP contribution < -0.4 is 0 Å². The van der Waals surface area contributed by atoms with Crippen LogP contribution in [-0.4, -0.2) is 47.0 Å². The molecule has 3 nitrogen and oxygen atoms in total. The van der Waals surface area contributed by atoms with E-state index in [0.29, 0.717) is 11.8 Å². The Morgan fingerprint density at radius 1 is 1.10 bits per heavy atom. The number of nitrogens with zero attached hydrogens (tertiary/aromatic N) is 1. The highest BCUT2D eigenvalue weighted by atomic mass is 16.3. The van der Waals surface area contributed by atoms with Gasteiger partial charge in [-0.25, -0.2) is 0 Å². The second-order valence-electron chi connectivity index (χ2n) is 9.90. The monoisotopic (exact) mass is 403 g/mol. The minimum atomic E-state index is -0.346. The van der Waals surface area contributed by atoms with Gasteiger partial charge in [-0.3, -0.25) is 0 Å². The average Bonchev–Trinajstić information content (AvgIpc) is 3.23. The maximum atomic E-state index is 10.5. The highest BCUT2D eigenvalue weighted by Crippen LogP contribution is 2.48. The third-order valence-electron chi connectivity index (χ3n) is 7.53. The topological polar surface area (TPSA) is 43.7 Å². The summed E-state index contributed by atoms with van der Waals surface area (Å²) in [6, 6.07) is 0. The highest BCUT2D eigenvalue weighted by Gasteiger charge is 2.43. The number of hydrogen-bond acceptors (Lipinski definition) is 3. The van der Waals surface area contributed by atoms with Gasteiger partial charge in [0.2, 0.25) is 0 Å². The molecule has 1 aliphatic heterocycles. The maximum absolute atomic E-state index is 10.5. The van der Waals surface area contributed by atoms with Crippen molar-refractivity contribution in [1.82, 2.24) is 4.90 Å². The van der Waals surface area contributed by atoms with Crippen molar-refractivity contribution in [3.63, 3.8) is 0 Å². The second kappa shape index (κ2) is 12.3. The van der Waals surface area contributed by atoms with Crippen molar-refractivity contribution in [2.45, 2.75) is 103 Å². The molecule has 0 aromatic heterocycles. The van der Waals surface area contributed by atoms with Gasteiger partial charge in [-0.05, 0) is 82.8 Å². The van der Waals surface area contributed by atoms with Crippen molar-refractivity contribution < 1.29 is 10.2 Å². The molecule has 2 aliphatic carbocycles. The molecule has 0 amide bonds. The normalized spacial score (nSPS) is 31.3. The first-order chi connectivity index (χ1) is 14.2. The zero-order valence-corrected chi connectivity index (χ0v) is 18.8. The summed E-state index contributed by atoms with van der Waals surface area (Å²) in [4.78, 5) is 2.65. The molecule has 0 spiro atoms. The Morgan fingerprint density at radius 2 is 1.93 bits per heavy atom. The van der Waals surface area contributed by atoms with Crippen LogP contribution in [0.3, 0.4) is 0 Å². The van der Waals surface area contributed by atoms with Gasteiger partial charge in [0.05, 0.1) is 12.2 Å². The third-order valence-corrected chi connectivity index (χ3v) is 7.53. The predicted octanol–water partition coefficient (Wildman–Crippen LogP) is 5.47. The van der Waals surface area contributed by atoms with Crippen molar-refractivity contribution >= 4 is 0 Å². The fourth-order valence-electron chi connectivity index (χ4n) is 5.79. The molecular weight excluding hydrogens is 358 g/mol. The van der Waals surface area contributed by atoms with Gasteiger partial charge >= 0.3 is 0 Å². The first-order valence-corrected chi connectivity index (χ1v) is 12.6. The van der Waals surface area contributed by atoms with Crippen molar-refractivity contribution in [1.29, 1.82) is 0 Å². The summed E-state index contributed by atoms with van der Waals surface area (Å²) in [6.07, 6.45) is 21.9. The molecule has 0 aromatic rings. The molecule has 2 N–H and O–H groups in total. The summed E-state index contributed by atoms with van der Waals surface area (Å²) in [5.41, 5.74) is 1.63. The first kappa shape index (κ1) is 23.0. The molecule has 2 fully saturated rings. The summed E-state index contributed by atoms with van der Waals surface area (Å²) < 4.78 is 0. The van der Waals surface area contributed by atoms with Crippen LogP contribution in [-0.2, 0) is 0 Å². The molecule has 3 aliphatic rings. The van der Waals surface area contributed by atoms with Crippen LogP contribution in [0.15, 0.2) is 23.8 Å². The van der Waals surface area contributed by atoms with Crippen molar-refractivity contribution in [3.8, 4) is 0 Å². The van der Waals surface area contributed by atoms with E-state index in [9.17, 15) is 10.2 Å². The molecule has 0 radical (unpaired) electrons. The van der Waals surface area contributed by atoms with Crippen molar-refractivity contribution in [2.75, 3.05) is 19.6 Å². The third kappa shape index (κ3) is 7.22. The largest absolute Gasteiger partial charge is 0.392 e. The molecular formula is C26H45NO2. The average molecular weight is 404 g/mol.